The van der Waals surface area contributed by atoms with E-state index < -0.39 is 5.91 Å². The Morgan fingerprint density at radius 2 is 2.14 bits per heavy atom. The molecule has 0 spiro atoms. The van der Waals surface area contributed by atoms with Crippen LogP contribution in [0.25, 0.3) is 6.08 Å². The zero-order valence-electron chi connectivity index (χ0n) is 16.4. The Balaban J connectivity index is 1.87. The Labute approximate surface area is 179 Å². The molecule has 1 fully saturated rings. The number of rotatable bonds is 9. The normalized spacial score (nSPS) is 16.4. The molecule has 9 heteroatoms. The first-order valence-corrected chi connectivity index (χ1v) is 10.4. The van der Waals surface area contributed by atoms with E-state index in [1.54, 1.807) is 37.3 Å². The third-order valence-electron chi connectivity index (χ3n) is 4.29. The van der Waals surface area contributed by atoms with Crippen molar-refractivity contribution >= 4 is 46.5 Å². The van der Waals surface area contributed by atoms with Gasteiger partial charge in [-0.2, -0.15) is 5.26 Å². The fourth-order valence-corrected chi connectivity index (χ4v) is 3.77. The molecule has 1 aromatic carbocycles. The number of carbonyl (C=O) groups is 3. The number of nitrogens with one attached hydrogen (secondary N) is 1. The summed E-state index contributed by atoms with van der Waals surface area (Å²) in [6.45, 7) is 5.31. The van der Waals surface area contributed by atoms with Gasteiger partial charge in [0.2, 0.25) is 5.91 Å². The van der Waals surface area contributed by atoms with Gasteiger partial charge in [-0.3, -0.25) is 24.2 Å². The van der Waals surface area contributed by atoms with Gasteiger partial charge >= 0.3 is 0 Å². The second-order valence-corrected chi connectivity index (χ2v) is 7.96. The van der Waals surface area contributed by atoms with Gasteiger partial charge in [0.05, 0.1) is 23.4 Å². The molecule has 3 amide bonds. The minimum atomic E-state index is -0.396. The van der Waals surface area contributed by atoms with Crippen molar-refractivity contribution in [3.63, 3.8) is 0 Å². The van der Waals surface area contributed by atoms with Crippen LogP contribution in [-0.2, 0) is 9.59 Å². The van der Waals surface area contributed by atoms with E-state index in [4.69, 9.17) is 16.9 Å². The van der Waals surface area contributed by atoms with Crippen LogP contribution in [0, 0.1) is 17.2 Å². The van der Waals surface area contributed by atoms with Crippen molar-refractivity contribution in [3.05, 3.63) is 39.8 Å². The second kappa shape index (κ2) is 11.0. The maximum absolute atomic E-state index is 12.5. The molecule has 2 rings (SSSR count). The van der Waals surface area contributed by atoms with Gasteiger partial charge in [-0.15, -0.1) is 0 Å². The Morgan fingerprint density at radius 3 is 2.79 bits per heavy atom. The van der Waals surface area contributed by atoms with E-state index in [0.717, 1.165) is 16.7 Å². The summed E-state index contributed by atoms with van der Waals surface area (Å²) in [6.07, 6.45) is 1.60. The molecule has 1 aliphatic rings. The second-order valence-electron chi connectivity index (χ2n) is 6.56. The molecule has 1 atom stereocenters. The predicted molar refractivity (Wildman–Crippen MR) is 114 cm³/mol. The average Bonchev–Trinajstić information content (AvgIpc) is 2.96. The van der Waals surface area contributed by atoms with Crippen molar-refractivity contribution in [1.29, 1.82) is 5.26 Å². The van der Waals surface area contributed by atoms with Crippen LogP contribution in [-0.4, -0.2) is 59.6 Å². The largest absolute Gasteiger partial charge is 0.353 e. The van der Waals surface area contributed by atoms with Gasteiger partial charge in [-0.1, -0.05) is 36.7 Å². The molecule has 0 radical (unpaired) electrons. The first-order chi connectivity index (χ1) is 13.8. The molecule has 1 saturated heterocycles. The van der Waals surface area contributed by atoms with Crippen molar-refractivity contribution in [2.75, 3.05) is 32.7 Å². The number of nitriles is 1. The zero-order chi connectivity index (χ0) is 21.4. The third kappa shape index (κ3) is 6.60. The van der Waals surface area contributed by atoms with Crippen LogP contribution < -0.4 is 5.32 Å². The van der Waals surface area contributed by atoms with Crippen LogP contribution in [0.1, 0.15) is 19.4 Å². The number of hydrogen-bond donors (Lipinski definition) is 1. The molecule has 1 aromatic rings. The monoisotopic (exact) mass is 434 g/mol. The van der Waals surface area contributed by atoms with E-state index in [9.17, 15) is 14.4 Å². The lowest BCUT2D eigenvalue weighted by atomic mass is 10.2. The first-order valence-electron chi connectivity index (χ1n) is 9.24. The highest BCUT2D eigenvalue weighted by Gasteiger charge is 2.34. The SMILES string of the molecule is CCN(CC(=O)NCCN1C(=O)S/C(=C\c2ccccc2Cl)C1=O)C[C@@H](C)C#N. The van der Waals surface area contributed by atoms with Gasteiger partial charge in [-0.05, 0) is 42.9 Å². The van der Waals surface area contributed by atoms with Crippen molar-refractivity contribution in [2.24, 2.45) is 5.92 Å². The summed E-state index contributed by atoms with van der Waals surface area (Å²) in [6, 6.07) is 9.21. The third-order valence-corrected chi connectivity index (χ3v) is 5.54. The van der Waals surface area contributed by atoms with Crippen LogP contribution >= 0.6 is 23.4 Å². The van der Waals surface area contributed by atoms with Gasteiger partial charge in [0.1, 0.15) is 0 Å². The molecule has 0 unspecified atom stereocenters. The number of likely N-dealkylation sites (N-methyl/N-ethyl adjacent to an activating group) is 1. The maximum Gasteiger partial charge on any atom is 0.293 e. The zero-order valence-corrected chi connectivity index (χ0v) is 17.9. The number of carbonyl (C=O) groups excluding carboxylic acids is 3. The molecule has 1 heterocycles. The van der Waals surface area contributed by atoms with E-state index in [1.807, 2.05) is 11.8 Å². The molecule has 0 aromatic heterocycles. The number of amides is 3. The highest BCUT2D eigenvalue weighted by molar-refractivity contribution is 8.18. The number of hydrogen-bond acceptors (Lipinski definition) is 6. The molecule has 1 aliphatic heterocycles. The Morgan fingerprint density at radius 1 is 1.41 bits per heavy atom. The summed E-state index contributed by atoms with van der Waals surface area (Å²) in [5.41, 5.74) is 0.666. The van der Waals surface area contributed by atoms with E-state index in [1.165, 1.54) is 0 Å². The predicted octanol–water partition coefficient (Wildman–Crippen LogP) is 2.97. The highest BCUT2D eigenvalue weighted by atomic mass is 35.5. The van der Waals surface area contributed by atoms with Gasteiger partial charge in [0.25, 0.3) is 11.1 Å². The average molecular weight is 435 g/mol. The van der Waals surface area contributed by atoms with Crippen LogP contribution in [0.4, 0.5) is 4.79 Å². The molecule has 0 bridgehead atoms. The standard InChI is InChI=1S/C20H23ClN4O3S/c1-3-24(12-14(2)11-22)13-18(26)23-8-9-25-19(27)17(29-20(25)28)10-15-6-4-5-7-16(15)21/h4-7,10,14H,3,8-9,12-13H2,1-2H3,(H,23,26)/b17-10-/t14-/m0/s1. The maximum atomic E-state index is 12.5. The van der Waals surface area contributed by atoms with Crippen molar-refractivity contribution in [1.82, 2.24) is 15.1 Å². The lowest BCUT2D eigenvalue weighted by molar-refractivity contribution is -0.124. The quantitative estimate of drug-likeness (QED) is 0.600. The van der Waals surface area contributed by atoms with Gasteiger partial charge in [-0.25, -0.2) is 0 Å². The van der Waals surface area contributed by atoms with E-state index in [0.29, 0.717) is 28.6 Å². The van der Waals surface area contributed by atoms with Crippen molar-refractivity contribution in [3.8, 4) is 6.07 Å². The number of nitrogens with zero attached hydrogens (tertiary/aromatic N) is 3. The summed E-state index contributed by atoms with van der Waals surface area (Å²) in [4.78, 5) is 40.1. The highest BCUT2D eigenvalue weighted by Crippen LogP contribution is 2.33. The van der Waals surface area contributed by atoms with E-state index in [-0.39, 0.29) is 36.7 Å². The lowest BCUT2D eigenvalue weighted by Crippen LogP contribution is -2.42. The number of halogens is 1. The fourth-order valence-electron chi connectivity index (χ4n) is 2.73. The topological polar surface area (TPSA) is 93.5 Å². The first kappa shape index (κ1) is 22.9. The molecular formula is C20H23ClN4O3S. The molecule has 0 saturated carbocycles. The van der Waals surface area contributed by atoms with E-state index in [2.05, 4.69) is 11.4 Å². The summed E-state index contributed by atoms with van der Waals surface area (Å²) >= 11 is 6.96. The Bertz CT molecular complexity index is 852. The van der Waals surface area contributed by atoms with Crippen LogP contribution in [0.2, 0.25) is 5.02 Å². The summed E-state index contributed by atoms with van der Waals surface area (Å²) in [7, 11) is 0. The minimum Gasteiger partial charge on any atom is -0.353 e. The molecule has 7 nitrogen and oxygen atoms in total. The van der Waals surface area contributed by atoms with Gasteiger partial charge in [0, 0.05) is 24.7 Å². The van der Waals surface area contributed by atoms with Crippen LogP contribution in [0.3, 0.4) is 0 Å². The lowest BCUT2D eigenvalue weighted by Gasteiger charge is -2.21. The molecule has 29 heavy (non-hydrogen) atoms. The number of thioether (sulfide) groups is 1. The number of imide groups is 1. The summed E-state index contributed by atoms with van der Waals surface area (Å²) < 4.78 is 0. The van der Waals surface area contributed by atoms with Crippen LogP contribution in [0.5, 0.6) is 0 Å². The fraction of sp³-hybridized carbons (Fsp3) is 0.400. The smallest absolute Gasteiger partial charge is 0.293 e. The van der Waals surface area contributed by atoms with E-state index >= 15 is 0 Å². The van der Waals surface area contributed by atoms with Crippen molar-refractivity contribution < 1.29 is 14.4 Å². The molecular weight excluding hydrogens is 412 g/mol. The molecule has 0 aliphatic carbocycles. The van der Waals surface area contributed by atoms with Crippen molar-refractivity contribution in [2.45, 2.75) is 13.8 Å². The minimum absolute atomic E-state index is 0.0942. The summed E-state index contributed by atoms with van der Waals surface area (Å²) in [5.74, 6) is -0.772. The number of benzene rings is 1. The Kier molecular flexibility index (Phi) is 8.70. The van der Waals surface area contributed by atoms with Gasteiger partial charge in [0.15, 0.2) is 0 Å². The molecule has 1 N–H and O–H groups in total. The Hall–Kier alpha value is -2.34. The summed E-state index contributed by atoms with van der Waals surface area (Å²) in [5, 5.41) is 11.7. The van der Waals surface area contributed by atoms with Gasteiger partial charge < -0.3 is 5.32 Å². The molecule has 154 valence electrons. The van der Waals surface area contributed by atoms with Crippen LogP contribution in [0.15, 0.2) is 29.2 Å².